The van der Waals surface area contributed by atoms with Crippen LogP contribution in [0.25, 0.3) is 0 Å². The maximum atomic E-state index is 8.87. The maximum absolute atomic E-state index is 8.87. The van der Waals surface area contributed by atoms with E-state index in [1.807, 2.05) is 0 Å². The summed E-state index contributed by atoms with van der Waals surface area (Å²) >= 11 is 0. The molecular formula is C6H14O5. The Morgan fingerprint density at radius 2 is 1.18 bits per heavy atom. The van der Waals surface area contributed by atoms with E-state index in [2.05, 4.69) is 0 Å². The van der Waals surface area contributed by atoms with Crippen molar-refractivity contribution in [2.45, 2.75) is 38.6 Å². The van der Waals surface area contributed by atoms with Crippen LogP contribution in [0, 0.1) is 0 Å². The standard InChI is InChI=1S/C6H12O4.H2O/c1-3-4(2)10-6(8)5(7)9-3;/h3-8H,1-2H3;1H2. The van der Waals surface area contributed by atoms with Crippen molar-refractivity contribution >= 4 is 0 Å². The van der Waals surface area contributed by atoms with Crippen LogP contribution < -0.4 is 0 Å². The molecule has 0 aliphatic carbocycles. The van der Waals surface area contributed by atoms with Crippen LogP contribution >= 0.6 is 0 Å². The predicted octanol–water partition coefficient (Wildman–Crippen LogP) is -1.38. The number of hydrogen-bond donors (Lipinski definition) is 2. The molecule has 68 valence electrons. The zero-order valence-corrected chi connectivity index (χ0v) is 6.52. The van der Waals surface area contributed by atoms with Crippen molar-refractivity contribution in [3.63, 3.8) is 0 Å². The third-order valence-corrected chi connectivity index (χ3v) is 1.61. The van der Waals surface area contributed by atoms with Gasteiger partial charge in [-0.2, -0.15) is 0 Å². The van der Waals surface area contributed by atoms with Crippen molar-refractivity contribution < 1.29 is 25.2 Å². The first-order chi connectivity index (χ1) is 4.61. The van der Waals surface area contributed by atoms with Gasteiger partial charge < -0.3 is 25.2 Å². The van der Waals surface area contributed by atoms with Crippen LogP contribution in [0.3, 0.4) is 0 Å². The minimum absolute atomic E-state index is 0. The highest BCUT2D eigenvalue weighted by Crippen LogP contribution is 2.16. The van der Waals surface area contributed by atoms with Crippen LogP contribution in [-0.2, 0) is 9.47 Å². The molecule has 1 heterocycles. The lowest BCUT2D eigenvalue weighted by atomic mass is 10.2. The molecule has 4 atom stereocenters. The van der Waals surface area contributed by atoms with E-state index in [1.54, 1.807) is 13.8 Å². The average molecular weight is 166 g/mol. The van der Waals surface area contributed by atoms with Crippen LogP contribution in [0.2, 0.25) is 0 Å². The summed E-state index contributed by atoms with van der Waals surface area (Å²) in [5, 5.41) is 17.7. The molecule has 0 radical (unpaired) electrons. The molecule has 0 aromatic heterocycles. The van der Waals surface area contributed by atoms with Gasteiger partial charge >= 0.3 is 0 Å². The summed E-state index contributed by atoms with van der Waals surface area (Å²) in [5.74, 6) is 0. The predicted molar refractivity (Wildman–Crippen MR) is 36.7 cm³/mol. The van der Waals surface area contributed by atoms with Crippen LogP contribution in [0.5, 0.6) is 0 Å². The summed E-state index contributed by atoms with van der Waals surface area (Å²) in [6.45, 7) is 3.56. The van der Waals surface area contributed by atoms with Gasteiger partial charge in [0.25, 0.3) is 0 Å². The maximum Gasteiger partial charge on any atom is 0.207 e. The van der Waals surface area contributed by atoms with Gasteiger partial charge in [0, 0.05) is 0 Å². The highest BCUT2D eigenvalue weighted by atomic mass is 16.7. The fourth-order valence-electron chi connectivity index (χ4n) is 0.796. The minimum Gasteiger partial charge on any atom is -0.412 e. The van der Waals surface area contributed by atoms with E-state index in [4.69, 9.17) is 19.7 Å². The minimum atomic E-state index is -1.20. The second kappa shape index (κ2) is 3.99. The molecule has 11 heavy (non-hydrogen) atoms. The normalized spacial score (nSPS) is 44.7. The number of hydrogen-bond acceptors (Lipinski definition) is 4. The van der Waals surface area contributed by atoms with Crippen molar-refractivity contribution in [2.24, 2.45) is 0 Å². The van der Waals surface area contributed by atoms with Gasteiger partial charge in [0.15, 0.2) is 0 Å². The van der Waals surface area contributed by atoms with Gasteiger partial charge in [-0.25, -0.2) is 0 Å². The third kappa shape index (κ3) is 2.39. The molecule has 0 bridgehead atoms. The molecule has 4 N–H and O–H groups in total. The Kier molecular flexibility index (Phi) is 3.91. The molecule has 5 nitrogen and oxygen atoms in total. The monoisotopic (exact) mass is 166 g/mol. The topological polar surface area (TPSA) is 90.4 Å². The molecule has 4 unspecified atom stereocenters. The SMILES string of the molecule is CC1OC(O)C(O)OC1C.O. The Balaban J connectivity index is 0.000001000. The lowest BCUT2D eigenvalue weighted by Gasteiger charge is -2.33. The summed E-state index contributed by atoms with van der Waals surface area (Å²) in [5.41, 5.74) is 0. The number of ether oxygens (including phenoxy) is 2. The first-order valence-electron chi connectivity index (χ1n) is 3.28. The van der Waals surface area contributed by atoms with Gasteiger partial charge in [-0.15, -0.1) is 0 Å². The largest absolute Gasteiger partial charge is 0.412 e. The van der Waals surface area contributed by atoms with Gasteiger partial charge in [0.05, 0.1) is 12.2 Å². The van der Waals surface area contributed by atoms with Crippen molar-refractivity contribution in [3.8, 4) is 0 Å². The first kappa shape index (κ1) is 10.8. The fraction of sp³-hybridized carbons (Fsp3) is 1.00. The average Bonchev–Trinajstić information content (AvgIpc) is 1.84. The second-order valence-electron chi connectivity index (χ2n) is 2.46. The highest BCUT2D eigenvalue weighted by Gasteiger charge is 2.31. The van der Waals surface area contributed by atoms with E-state index in [0.29, 0.717) is 0 Å². The van der Waals surface area contributed by atoms with Gasteiger partial charge in [0.1, 0.15) is 0 Å². The summed E-state index contributed by atoms with van der Waals surface area (Å²) in [6.07, 6.45) is -2.74. The summed E-state index contributed by atoms with van der Waals surface area (Å²) in [6, 6.07) is 0. The lowest BCUT2D eigenvalue weighted by molar-refractivity contribution is -0.332. The second-order valence-corrected chi connectivity index (χ2v) is 2.46. The van der Waals surface area contributed by atoms with Crippen LogP contribution in [-0.4, -0.2) is 40.5 Å². The van der Waals surface area contributed by atoms with Crippen LogP contribution in [0.4, 0.5) is 0 Å². The smallest absolute Gasteiger partial charge is 0.207 e. The van der Waals surface area contributed by atoms with E-state index in [0.717, 1.165) is 0 Å². The molecule has 0 spiro atoms. The molecule has 1 fully saturated rings. The Labute approximate surface area is 64.9 Å². The Morgan fingerprint density at radius 1 is 0.909 bits per heavy atom. The fourth-order valence-corrected chi connectivity index (χ4v) is 0.796. The molecule has 5 heteroatoms. The summed E-state index contributed by atoms with van der Waals surface area (Å²) in [4.78, 5) is 0. The third-order valence-electron chi connectivity index (χ3n) is 1.61. The molecule has 0 saturated carbocycles. The molecule has 1 aliphatic heterocycles. The highest BCUT2D eigenvalue weighted by molar-refractivity contribution is 4.67. The Bertz CT molecular complexity index is 91.5. The van der Waals surface area contributed by atoms with E-state index in [1.165, 1.54) is 0 Å². The summed E-state index contributed by atoms with van der Waals surface area (Å²) < 4.78 is 9.78. The van der Waals surface area contributed by atoms with Crippen molar-refractivity contribution in [3.05, 3.63) is 0 Å². The van der Waals surface area contributed by atoms with E-state index in [-0.39, 0.29) is 17.7 Å². The molecular weight excluding hydrogens is 152 g/mol. The van der Waals surface area contributed by atoms with Gasteiger partial charge in [-0.3, -0.25) is 0 Å². The van der Waals surface area contributed by atoms with Crippen molar-refractivity contribution in [1.29, 1.82) is 0 Å². The number of rotatable bonds is 0. The number of aliphatic hydroxyl groups excluding tert-OH is 2. The molecule has 1 saturated heterocycles. The Hall–Kier alpha value is -0.200. The van der Waals surface area contributed by atoms with Gasteiger partial charge in [-0.1, -0.05) is 0 Å². The number of aliphatic hydroxyl groups is 2. The van der Waals surface area contributed by atoms with Crippen molar-refractivity contribution in [1.82, 2.24) is 0 Å². The Morgan fingerprint density at radius 3 is 1.45 bits per heavy atom. The van der Waals surface area contributed by atoms with Gasteiger partial charge in [0.2, 0.25) is 12.6 Å². The van der Waals surface area contributed by atoms with E-state index >= 15 is 0 Å². The lowest BCUT2D eigenvalue weighted by Crippen LogP contribution is -2.46. The first-order valence-corrected chi connectivity index (χ1v) is 3.28. The van der Waals surface area contributed by atoms with E-state index in [9.17, 15) is 0 Å². The molecule has 0 aromatic carbocycles. The van der Waals surface area contributed by atoms with Crippen LogP contribution in [0.1, 0.15) is 13.8 Å². The van der Waals surface area contributed by atoms with E-state index < -0.39 is 12.6 Å². The quantitative estimate of drug-likeness (QED) is 0.464. The molecule has 0 amide bonds. The molecule has 0 aromatic rings. The van der Waals surface area contributed by atoms with Crippen molar-refractivity contribution in [2.75, 3.05) is 0 Å². The zero-order valence-electron chi connectivity index (χ0n) is 6.52. The van der Waals surface area contributed by atoms with Crippen LogP contribution in [0.15, 0.2) is 0 Å². The molecule has 1 rings (SSSR count). The van der Waals surface area contributed by atoms with Gasteiger partial charge in [-0.05, 0) is 13.8 Å². The zero-order chi connectivity index (χ0) is 7.72. The molecule has 1 aliphatic rings. The summed E-state index contributed by atoms with van der Waals surface area (Å²) in [7, 11) is 0.